The fourth-order valence-electron chi connectivity index (χ4n) is 8.07. The zero-order valence-electron chi connectivity index (χ0n) is 41.3. The smallest absolute Gasteiger partial charge is 0.306 e. The van der Waals surface area contributed by atoms with Gasteiger partial charge in [0.1, 0.15) is 6.10 Å². The second-order valence-electron chi connectivity index (χ2n) is 18.3. The van der Waals surface area contributed by atoms with E-state index in [1.54, 1.807) is 0 Å². The molecule has 0 aliphatic heterocycles. The molecular formula is C56H103NO5. The van der Waals surface area contributed by atoms with Crippen LogP contribution >= 0.6 is 0 Å². The van der Waals surface area contributed by atoms with E-state index in [4.69, 9.17) is 4.74 Å². The van der Waals surface area contributed by atoms with Crippen molar-refractivity contribution < 1.29 is 24.5 Å². The summed E-state index contributed by atoms with van der Waals surface area (Å²) in [5.74, 6) is -0.506. The van der Waals surface area contributed by atoms with E-state index in [1.807, 2.05) is 0 Å². The quantitative estimate of drug-likeness (QED) is 0.0245. The van der Waals surface area contributed by atoms with Gasteiger partial charge in [0.2, 0.25) is 5.91 Å². The molecule has 0 saturated carbocycles. The van der Waals surface area contributed by atoms with Gasteiger partial charge >= 0.3 is 5.97 Å². The molecule has 0 radical (unpaired) electrons. The fourth-order valence-corrected chi connectivity index (χ4v) is 8.07. The van der Waals surface area contributed by atoms with Gasteiger partial charge in [-0.1, -0.05) is 230 Å². The van der Waals surface area contributed by atoms with E-state index < -0.39 is 18.2 Å². The molecule has 362 valence electrons. The summed E-state index contributed by atoms with van der Waals surface area (Å²) >= 11 is 0. The summed E-state index contributed by atoms with van der Waals surface area (Å²) in [5.41, 5.74) is 0. The number of esters is 1. The molecular weight excluding hydrogens is 767 g/mol. The third-order valence-corrected chi connectivity index (χ3v) is 12.2. The first-order valence-corrected chi connectivity index (χ1v) is 26.9. The molecule has 0 spiro atoms. The van der Waals surface area contributed by atoms with Gasteiger partial charge in [0.15, 0.2) is 0 Å². The molecule has 3 atom stereocenters. The number of unbranched alkanes of at least 4 members (excludes halogenated alkanes) is 30. The Bertz CT molecular complexity index is 1070. The normalized spacial score (nSPS) is 13.6. The first-order chi connectivity index (χ1) is 30.5. The molecule has 6 nitrogen and oxygen atoms in total. The van der Waals surface area contributed by atoms with Crippen LogP contribution in [0.2, 0.25) is 0 Å². The summed E-state index contributed by atoms with van der Waals surface area (Å²) < 4.78 is 5.93. The average molecular weight is 870 g/mol. The maximum absolute atomic E-state index is 13.2. The van der Waals surface area contributed by atoms with Crippen molar-refractivity contribution in [3.05, 3.63) is 48.6 Å². The third kappa shape index (κ3) is 44.4. The number of aliphatic hydroxyl groups is 2. The number of ether oxygens (including phenoxy) is 1. The summed E-state index contributed by atoms with van der Waals surface area (Å²) in [7, 11) is 0. The summed E-state index contributed by atoms with van der Waals surface area (Å²) in [6.45, 7) is 6.45. The zero-order chi connectivity index (χ0) is 45.2. The SMILES string of the molecule is CCCCCCC/C=C/C=C/C=C/CCCCCCCC(=O)OC(CCCCC/C=C/CCCCCCCCCCC)CC(=O)NC(CO)C(O)CCCCCCCCCCC. The molecule has 0 aromatic heterocycles. The van der Waals surface area contributed by atoms with E-state index in [2.05, 4.69) is 74.7 Å². The minimum Gasteiger partial charge on any atom is -0.462 e. The number of nitrogens with one attached hydrogen (secondary N) is 1. The molecule has 0 aliphatic carbocycles. The first-order valence-electron chi connectivity index (χ1n) is 26.9. The number of amides is 1. The third-order valence-electron chi connectivity index (χ3n) is 12.2. The van der Waals surface area contributed by atoms with Gasteiger partial charge in [-0.25, -0.2) is 0 Å². The molecule has 0 saturated heterocycles. The lowest BCUT2D eigenvalue weighted by Crippen LogP contribution is -2.46. The number of hydrogen-bond donors (Lipinski definition) is 3. The Kier molecular flexibility index (Phi) is 48.1. The van der Waals surface area contributed by atoms with E-state index in [0.717, 1.165) is 83.5 Å². The molecule has 0 aromatic rings. The highest BCUT2D eigenvalue weighted by atomic mass is 16.5. The monoisotopic (exact) mass is 870 g/mol. The second-order valence-corrected chi connectivity index (χ2v) is 18.3. The van der Waals surface area contributed by atoms with Gasteiger partial charge in [-0.2, -0.15) is 0 Å². The summed E-state index contributed by atoms with van der Waals surface area (Å²) in [4.78, 5) is 26.2. The van der Waals surface area contributed by atoms with Crippen molar-refractivity contribution in [3.63, 3.8) is 0 Å². The van der Waals surface area contributed by atoms with Crippen molar-refractivity contribution >= 4 is 11.9 Å². The van der Waals surface area contributed by atoms with Crippen molar-refractivity contribution in [1.29, 1.82) is 0 Å². The first kappa shape index (κ1) is 59.8. The standard InChI is InChI=1S/C56H103NO5/c1-4-7-10-13-16-19-21-23-25-27-28-30-32-34-37-40-43-46-49-56(61)62-52(47-44-41-38-36-33-31-29-26-24-22-20-17-14-11-8-5-2)50-55(60)57-53(51-58)54(59)48-45-42-39-35-18-15-12-9-6-3/h21,23,25,27-28,30-31,33,52-54,58-59H,4-20,22,24,26,29,32,34-51H2,1-3H3,(H,57,60)/b23-21+,27-25+,30-28+,33-31+. The minimum atomic E-state index is -0.794. The number of hydrogen-bond acceptors (Lipinski definition) is 5. The van der Waals surface area contributed by atoms with Crippen LogP contribution in [0.3, 0.4) is 0 Å². The maximum Gasteiger partial charge on any atom is 0.306 e. The van der Waals surface area contributed by atoms with Crippen molar-refractivity contribution in [1.82, 2.24) is 5.32 Å². The Labute approximate surface area is 385 Å². The van der Waals surface area contributed by atoms with Crippen LogP contribution in [0.5, 0.6) is 0 Å². The number of aliphatic hydroxyl groups excluding tert-OH is 2. The Morgan fingerprint density at radius 2 is 0.839 bits per heavy atom. The molecule has 0 fully saturated rings. The van der Waals surface area contributed by atoms with Gasteiger partial charge in [0, 0.05) is 6.42 Å². The Morgan fingerprint density at radius 3 is 1.29 bits per heavy atom. The maximum atomic E-state index is 13.2. The predicted molar refractivity (Wildman–Crippen MR) is 269 cm³/mol. The zero-order valence-corrected chi connectivity index (χ0v) is 41.3. The molecule has 0 aliphatic rings. The van der Waals surface area contributed by atoms with Gasteiger partial charge < -0.3 is 20.3 Å². The van der Waals surface area contributed by atoms with Crippen LogP contribution in [0, 0.1) is 0 Å². The van der Waals surface area contributed by atoms with Crippen LogP contribution in [-0.4, -0.2) is 46.9 Å². The molecule has 6 heteroatoms. The van der Waals surface area contributed by atoms with Gasteiger partial charge in [-0.05, 0) is 77.0 Å². The molecule has 0 heterocycles. The highest BCUT2D eigenvalue weighted by molar-refractivity contribution is 5.77. The van der Waals surface area contributed by atoms with Crippen molar-refractivity contribution in [3.8, 4) is 0 Å². The van der Waals surface area contributed by atoms with Crippen LogP contribution in [0.4, 0.5) is 0 Å². The second kappa shape index (κ2) is 49.8. The van der Waals surface area contributed by atoms with E-state index in [-0.39, 0.29) is 24.9 Å². The molecule has 1 amide bonds. The number of rotatable bonds is 48. The van der Waals surface area contributed by atoms with Crippen LogP contribution in [0.15, 0.2) is 48.6 Å². The van der Waals surface area contributed by atoms with E-state index in [0.29, 0.717) is 19.3 Å². The highest BCUT2D eigenvalue weighted by Gasteiger charge is 2.24. The lowest BCUT2D eigenvalue weighted by molar-refractivity contribution is -0.151. The molecule has 62 heavy (non-hydrogen) atoms. The number of carbonyl (C=O) groups excluding carboxylic acids is 2. The predicted octanol–water partition coefficient (Wildman–Crippen LogP) is 16.2. The van der Waals surface area contributed by atoms with Gasteiger partial charge in [0.05, 0.1) is 25.2 Å². The van der Waals surface area contributed by atoms with Gasteiger partial charge in [-0.3, -0.25) is 9.59 Å². The summed E-state index contributed by atoms with van der Waals surface area (Å²) in [5, 5.41) is 23.7. The average Bonchev–Trinajstić information content (AvgIpc) is 3.26. The van der Waals surface area contributed by atoms with Gasteiger partial charge in [-0.15, -0.1) is 0 Å². The summed E-state index contributed by atoms with van der Waals surface area (Å²) in [6.07, 6.45) is 60.3. The van der Waals surface area contributed by atoms with Crippen molar-refractivity contribution in [2.24, 2.45) is 0 Å². The Morgan fingerprint density at radius 1 is 0.468 bits per heavy atom. The lowest BCUT2D eigenvalue weighted by atomic mass is 10.0. The van der Waals surface area contributed by atoms with Crippen molar-refractivity contribution in [2.45, 2.75) is 289 Å². The van der Waals surface area contributed by atoms with Gasteiger partial charge in [0.25, 0.3) is 0 Å². The van der Waals surface area contributed by atoms with Crippen LogP contribution in [0.25, 0.3) is 0 Å². The van der Waals surface area contributed by atoms with Crippen LogP contribution in [-0.2, 0) is 14.3 Å². The number of carbonyl (C=O) groups is 2. The van der Waals surface area contributed by atoms with Crippen LogP contribution < -0.4 is 5.32 Å². The number of allylic oxidation sites excluding steroid dienone is 8. The Balaban J connectivity index is 4.61. The molecule has 0 aromatic carbocycles. The Hall–Kier alpha value is -2.18. The van der Waals surface area contributed by atoms with Crippen molar-refractivity contribution in [2.75, 3.05) is 6.61 Å². The fraction of sp³-hybridized carbons (Fsp3) is 0.821. The summed E-state index contributed by atoms with van der Waals surface area (Å²) in [6, 6.07) is -0.709. The van der Waals surface area contributed by atoms with E-state index >= 15 is 0 Å². The molecule has 3 unspecified atom stereocenters. The highest BCUT2D eigenvalue weighted by Crippen LogP contribution is 2.17. The molecule has 3 N–H and O–H groups in total. The van der Waals surface area contributed by atoms with Crippen LogP contribution in [0.1, 0.15) is 271 Å². The molecule has 0 rings (SSSR count). The largest absolute Gasteiger partial charge is 0.462 e. The lowest BCUT2D eigenvalue weighted by Gasteiger charge is -2.24. The minimum absolute atomic E-state index is 0.0593. The topological polar surface area (TPSA) is 95.9 Å². The van der Waals surface area contributed by atoms with E-state index in [1.165, 1.54) is 141 Å². The van der Waals surface area contributed by atoms with E-state index in [9.17, 15) is 19.8 Å². The molecule has 0 bridgehead atoms.